The lowest BCUT2D eigenvalue weighted by atomic mass is 10.0. The monoisotopic (exact) mass is 267 g/mol. The Labute approximate surface area is 112 Å². The first-order chi connectivity index (χ1) is 9.03. The summed E-state index contributed by atoms with van der Waals surface area (Å²) in [4.78, 5) is 2.12. The number of morpholine rings is 1. The Bertz CT molecular complexity index is 474. The summed E-state index contributed by atoms with van der Waals surface area (Å²) in [5, 5.41) is 0. The summed E-state index contributed by atoms with van der Waals surface area (Å²) in [6.07, 6.45) is 2.09. The van der Waals surface area contributed by atoms with Gasteiger partial charge in [-0.05, 0) is 30.9 Å². The Morgan fingerprint density at radius 1 is 1.21 bits per heavy atom. The van der Waals surface area contributed by atoms with Crippen molar-refractivity contribution in [3.05, 3.63) is 29.3 Å². The van der Waals surface area contributed by atoms with Crippen LogP contribution in [0.4, 0.5) is 14.5 Å². The molecule has 2 nitrogen and oxygen atoms in total. The third-order valence-electron chi connectivity index (χ3n) is 4.18. The summed E-state index contributed by atoms with van der Waals surface area (Å²) in [6, 6.07) is 2.95. The van der Waals surface area contributed by atoms with Crippen molar-refractivity contribution in [2.24, 2.45) is 0 Å². The zero-order valence-electron chi connectivity index (χ0n) is 11.4. The first-order valence-corrected chi connectivity index (χ1v) is 6.88. The van der Waals surface area contributed by atoms with Gasteiger partial charge >= 0.3 is 0 Å². The minimum atomic E-state index is -0.438. The lowest BCUT2D eigenvalue weighted by Crippen LogP contribution is -2.47. The third-order valence-corrected chi connectivity index (χ3v) is 4.18. The molecule has 2 fully saturated rings. The maximum Gasteiger partial charge on any atom is 0.131 e. The fourth-order valence-electron chi connectivity index (χ4n) is 2.97. The molecule has 0 N–H and O–H groups in total. The van der Waals surface area contributed by atoms with Gasteiger partial charge in [0.25, 0.3) is 0 Å². The van der Waals surface area contributed by atoms with E-state index >= 15 is 0 Å². The number of hydrogen-bond donors (Lipinski definition) is 0. The predicted molar refractivity (Wildman–Crippen MR) is 70.6 cm³/mol. The molecule has 1 aliphatic heterocycles. The standard InChI is InChI=1S/C15H19F2NO/c1-10(2)14-12(16)7-11(8-13(14)17)18-5-6-19-9-15(18)3-4-15/h7-8,10H,3-6,9H2,1-2H3. The Morgan fingerprint density at radius 2 is 1.84 bits per heavy atom. The summed E-state index contributed by atoms with van der Waals surface area (Å²) in [5.41, 5.74) is 0.832. The average Bonchev–Trinajstić information content (AvgIpc) is 3.08. The second-order valence-corrected chi connectivity index (χ2v) is 5.91. The molecular formula is C15H19F2NO. The number of rotatable bonds is 2. The second-order valence-electron chi connectivity index (χ2n) is 5.91. The minimum Gasteiger partial charge on any atom is -0.377 e. The van der Waals surface area contributed by atoms with E-state index in [0.717, 1.165) is 12.8 Å². The predicted octanol–water partition coefficient (Wildman–Crippen LogP) is 3.46. The van der Waals surface area contributed by atoms with Crippen LogP contribution in [0.1, 0.15) is 38.2 Å². The average molecular weight is 267 g/mol. The second kappa shape index (κ2) is 4.44. The molecule has 0 unspecified atom stereocenters. The van der Waals surface area contributed by atoms with Crippen LogP contribution in [0.5, 0.6) is 0 Å². The Hall–Kier alpha value is -1.16. The molecule has 1 saturated carbocycles. The SMILES string of the molecule is CC(C)c1c(F)cc(N2CCOCC23CC3)cc1F. The smallest absolute Gasteiger partial charge is 0.131 e. The molecule has 3 rings (SSSR count). The van der Waals surface area contributed by atoms with E-state index in [1.54, 1.807) is 13.8 Å². The number of ether oxygens (including phenoxy) is 1. The highest BCUT2D eigenvalue weighted by atomic mass is 19.1. The molecule has 0 aromatic heterocycles. The van der Waals surface area contributed by atoms with Gasteiger partial charge in [0, 0.05) is 17.8 Å². The number of halogens is 2. The van der Waals surface area contributed by atoms with Crippen LogP contribution < -0.4 is 4.90 Å². The molecule has 0 radical (unpaired) electrons. The highest BCUT2D eigenvalue weighted by Gasteiger charge is 2.50. The number of hydrogen-bond acceptors (Lipinski definition) is 2. The lowest BCUT2D eigenvalue weighted by Gasteiger charge is -2.38. The van der Waals surface area contributed by atoms with Crippen molar-refractivity contribution in [2.75, 3.05) is 24.7 Å². The van der Waals surface area contributed by atoms with Gasteiger partial charge in [0.05, 0.1) is 18.8 Å². The van der Waals surface area contributed by atoms with Crippen LogP contribution >= 0.6 is 0 Å². The van der Waals surface area contributed by atoms with Crippen LogP contribution in [0.2, 0.25) is 0 Å². The largest absolute Gasteiger partial charge is 0.377 e. The third kappa shape index (κ3) is 2.12. The van der Waals surface area contributed by atoms with Gasteiger partial charge in [-0.25, -0.2) is 8.78 Å². The van der Waals surface area contributed by atoms with Gasteiger partial charge in [0.2, 0.25) is 0 Å². The fraction of sp³-hybridized carbons (Fsp3) is 0.600. The summed E-state index contributed by atoms with van der Waals surface area (Å²) in [5.74, 6) is -1.02. The van der Waals surface area contributed by atoms with Crippen LogP contribution in [-0.2, 0) is 4.74 Å². The van der Waals surface area contributed by atoms with Gasteiger partial charge in [-0.3, -0.25) is 0 Å². The molecule has 1 aliphatic carbocycles. The van der Waals surface area contributed by atoms with Gasteiger partial charge < -0.3 is 9.64 Å². The summed E-state index contributed by atoms with van der Waals surface area (Å²) < 4.78 is 33.7. The number of anilines is 1. The van der Waals surface area contributed by atoms with E-state index in [2.05, 4.69) is 4.90 Å². The highest BCUT2D eigenvalue weighted by Crippen LogP contribution is 2.46. The molecule has 1 saturated heterocycles. The van der Waals surface area contributed by atoms with Gasteiger partial charge in [-0.2, -0.15) is 0 Å². The van der Waals surface area contributed by atoms with Crippen molar-refractivity contribution < 1.29 is 13.5 Å². The lowest BCUT2D eigenvalue weighted by molar-refractivity contribution is 0.0864. The van der Waals surface area contributed by atoms with Crippen molar-refractivity contribution in [3.63, 3.8) is 0 Å². The van der Waals surface area contributed by atoms with Gasteiger partial charge in [0.15, 0.2) is 0 Å². The van der Waals surface area contributed by atoms with Crippen LogP contribution in [0.3, 0.4) is 0 Å². The molecular weight excluding hydrogens is 248 g/mol. The van der Waals surface area contributed by atoms with E-state index in [4.69, 9.17) is 4.74 Å². The van der Waals surface area contributed by atoms with Crippen molar-refractivity contribution in [1.29, 1.82) is 0 Å². The summed E-state index contributed by atoms with van der Waals surface area (Å²) in [7, 11) is 0. The number of nitrogens with zero attached hydrogens (tertiary/aromatic N) is 1. The van der Waals surface area contributed by atoms with Crippen LogP contribution in [-0.4, -0.2) is 25.3 Å². The molecule has 0 bridgehead atoms. The maximum atomic E-state index is 14.1. The molecule has 0 atom stereocenters. The molecule has 2 aliphatic rings. The van der Waals surface area contributed by atoms with E-state index in [9.17, 15) is 8.78 Å². The van der Waals surface area contributed by atoms with Gasteiger partial charge in [-0.1, -0.05) is 13.8 Å². The van der Waals surface area contributed by atoms with E-state index in [1.165, 1.54) is 12.1 Å². The van der Waals surface area contributed by atoms with Crippen LogP contribution in [0.25, 0.3) is 0 Å². The van der Waals surface area contributed by atoms with Crippen molar-refractivity contribution in [3.8, 4) is 0 Å². The fourth-order valence-corrected chi connectivity index (χ4v) is 2.97. The Balaban J connectivity index is 1.97. The van der Waals surface area contributed by atoms with Crippen molar-refractivity contribution >= 4 is 5.69 Å². The van der Waals surface area contributed by atoms with Crippen LogP contribution in [0, 0.1) is 11.6 Å². The molecule has 0 amide bonds. The quantitative estimate of drug-likeness (QED) is 0.813. The molecule has 104 valence electrons. The van der Waals surface area contributed by atoms with Crippen molar-refractivity contribution in [2.45, 2.75) is 38.1 Å². The first-order valence-electron chi connectivity index (χ1n) is 6.88. The Kier molecular flexibility index (Phi) is 3.01. The van der Waals surface area contributed by atoms with Crippen molar-refractivity contribution in [1.82, 2.24) is 0 Å². The van der Waals surface area contributed by atoms with Gasteiger partial charge in [0.1, 0.15) is 11.6 Å². The molecule has 19 heavy (non-hydrogen) atoms. The topological polar surface area (TPSA) is 12.5 Å². The van der Waals surface area contributed by atoms with Gasteiger partial charge in [-0.15, -0.1) is 0 Å². The molecule has 1 heterocycles. The van der Waals surface area contributed by atoms with E-state index in [-0.39, 0.29) is 17.0 Å². The molecule has 1 spiro atoms. The molecule has 1 aromatic rings. The normalized spacial score (nSPS) is 21.2. The highest BCUT2D eigenvalue weighted by molar-refractivity contribution is 5.54. The molecule has 1 aromatic carbocycles. The Morgan fingerprint density at radius 3 is 2.37 bits per heavy atom. The maximum absolute atomic E-state index is 14.1. The van der Waals surface area contributed by atoms with E-state index in [0.29, 0.717) is 25.4 Å². The minimum absolute atomic E-state index is 0.00349. The molecule has 4 heteroatoms. The summed E-state index contributed by atoms with van der Waals surface area (Å²) in [6.45, 7) is 5.61. The first kappa shape index (κ1) is 12.9. The zero-order chi connectivity index (χ0) is 13.6. The van der Waals surface area contributed by atoms with Crippen LogP contribution in [0.15, 0.2) is 12.1 Å². The summed E-state index contributed by atoms with van der Waals surface area (Å²) >= 11 is 0. The zero-order valence-corrected chi connectivity index (χ0v) is 11.4. The van der Waals surface area contributed by atoms with E-state index < -0.39 is 11.6 Å². The van der Waals surface area contributed by atoms with E-state index in [1.807, 2.05) is 0 Å². The number of benzene rings is 1.